The van der Waals surface area contributed by atoms with Gasteiger partial charge in [0, 0.05) is 10.6 Å². The second-order valence-electron chi connectivity index (χ2n) is 5.13. The first-order chi connectivity index (χ1) is 8.05. The fourth-order valence-corrected chi connectivity index (χ4v) is 1.74. The van der Waals surface area contributed by atoms with Crippen molar-refractivity contribution in [3.63, 3.8) is 0 Å². The molecule has 0 saturated heterocycles. The topological polar surface area (TPSA) is 34.1 Å². The van der Waals surface area contributed by atoms with Gasteiger partial charge in [-0.3, -0.25) is 4.79 Å². The van der Waals surface area contributed by atoms with E-state index in [0.29, 0.717) is 10.6 Å². The number of benzene rings is 1. The molecule has 1 aromatic carbocycles. The van der Waals surface area contributed by atoms with E-state index in [1.54, 1.807) is 31.3 Å². The van der Waals surface area contributed by atoms with Crippen molar-refractivity contribution in [1.29, 1.82) is 0 Å². The summed E-state index contributed by atoms with van der Waals surface area (Å²) in [5, 5.41) is 0.214. The molecule has 2 nitrogen and oxygen atoms in total. The van der Waals surface area contributed by atoms with Gasteiger partial charge >= 0.3 is 0 Å². The van der Waals surface area contributed by atoms with Crippen LogP contribution in [0.5, 0.6) is 0 Å². The van der Waals surface area contributed by atoms with Gasteiger partial charge in [0.25, 0.3) is 13.9 Å². The summed E-state index contributed by atoms with van der Waals surface area (Å²) in [6.45, 7) is 9.54. The van der Waals surface area contributed by atoms with Gasteiger partial charge in [-0.2, -0.15) is 0 Å². The van der Waals surface area contributed by atoms with Crippen molar-refractivity contribution in [2.24, 2.45) is 0 Å². The second kappa shape index (κ2) is 7.17. The average molecular weight is 305 g/mol. The molecule has 0 heterocycles. The fourth-order valence-electron chi connectivity index (χ4n) is 1.22. The van der Waals surface area contributed by atoms with Crippen molar-refractivity contribution in [2.75, 3.05) is 0 Å². The molecule has 5 heteroatoms. The lowest BCUT2D eigenvalue weighted by Crippen LogP contribution is -2.12. The van der Waals surface area contributed by atoms with E-state index in [4.69, 9.17) is 23.2 Å². The molecule has 0 N–H and O–H groups in total. The molecule has 1 aromatic rings. The van der Waals surface area contributed by atoms with Crippen LogP contribution in [0, 0.1) is 0 Å². The molecule has 18 heavy (non-hydrogen) atoms. The molecule has 0 amide bonds. The summed E-state index contributed by atoms with van der Waals surface area (Å²) in [5.74, 6) is 0. The summed E-state index contributed by atoms with van der Waals surface area (Å²) in [7, 11) is -1.13. The molecule has 0 radical (unpaired) electrons. The normalized spacial score (nSPS) is 10.4. The van der Waals surface area contributed by atoms with E-state index in [2.05, 4.69) is 0 Å². The van der Waals surface area contributed by atoms with Crippen molar-refractivity contribution in [3.8, 4) is 0 Å². The Balaban J connectivity index is 0.000000631. The predicted octanol–water partition coefficient (Wildman–Crippen LogP) is 4.68. The lowest BCUT2D eigenvalue weighted by atomic mass is 9.86. The van der Waals surface area contributed by atoms with Gasteiger partial charge in [0.2, 0.25) is 0 Å². The minimum absolute atomic E-state index is 0.0839. The molecule has 0 atom stereocenters. The summed E-state index contributed by atoms with van der Waals surface area (Å²) in [6.07, 6.45) is 0. The van der Waals surface area contributed by atoms with E-state index in [1.807, 2.05) is 20.8 Å². The Labute approximate surface area is 120 Å². The Morgan fingerprint density at radius 2 is 1.67 bits per heavy atom. The van der Waals surface area contributed by atoms with Crippen LogP contribution in [0.2, 0.25) is 18.1 Å². The standard InChI is InChI=1S/C11H12Cl2O.C2H6OSi/c1-11(2,3)8-6-7(10(13)14)4-5-9(8)12;1-4(2)3/h4-6H,1-3H3;1-2H3. The molecule has 0 spiro atoms. The van der Waals surface area contributed by atoms with Crippen molar-refractivity contribution in [1.82, 2.24) is 0 Å². The molecule has 0 aliphatic rings. The smallest absolute Gasteiger partial charge is 0.270 e. The maximum Gasteiger partial charge on any atom is 0.270 e. The maximum absolute atomic E-state index is 11.0. The molecule has 0 saturated carbocycles. The van der Waals surface area contributed by atoms with Crippen molar-refractivity contribution in [2.45, 2.75) is 39.3 Å². The lowest BCUT2D eigenvalue weighted by molar-refractivity contribution is 0.108. The third-order valence-electron chi connectivity index (χ3n) is 2.00. The number of hydrogen-bond donors (Lipinski definition) is 0. The Morgan fingerprint density at radius 1 is 1.22 bits per heavy atom. The van der Waals surface area contributed by atoms with Crippen molar-refractivity contribution in [3.05, 3.63) is 34.3 Å². The molecule has 0 aliphatic carbocycles. The summed E-state index contributed by atoms with van der Waals surface area (Å²) in [6, 6.07) is 5.09. The molecule has 0 unspecified atom stereocenters. The monoisotopic (exact) mass is 304 g/mol. The van der Waals surface area contributed by atoms with Gasteiger partial charge in [-0.05, 0) is 53.9 Å². The van der Waals surface area contributed by atoms with E-state index < -0.39 is 13.9 Å². The molecule has 100 valence electrons. The van der Waals surface area contributed by atoms with Crippen LogP contribution in [0.3, 0.4) is 0 Å². The molecule has 1 rings (SSSR count). The van der Waals surface area contributed by atoms with E-state index in [0.717, 1.165) is 5.56 Å². The number of hydrogen-bond acceptors (Lipinski definition) is 2. The Hall–Kier alpha value is -0.513. The Morgan fingerprint density at radius 3 is 2.00 bits per heavy atom. The first-order valence-corrected chi connectivity index (χ1v) is 8.69. The summed E-state index contributed by atoms with van der Waals surface area (Å²) >= 11 is 11.4. The SMILES string of the molecule is CC(C)(C)c1cc(C(=O)Cl)ccc1Cl.C[Si](C)=O. The first-order valence-electron chi connectivity index (χ1n) is 5.52. The molecule has 0 aliphatic heterocycles. The zero-order valence-electron chi connectivity index (χ0n) is 11.3. The minimum atomic E-state index is -1.13. The maximum atomic E-state index is 11.0. The Kier molecular flexibility index (Phi) is 6.96. The molecular formula is C13H18Cl2O2Si. The van der Waals surface area contributed by atoms with Crippen LogP contribution in [0.1, 0.15) is 36.7 Å². The van der Waals surface area contributed by atoms with Crippen molar-refractivity contribution < 1.29 is 9.26 Å². The van der Waals surface area contributed by atoms with E-state index in [9.17, 15) is 9.26 Å². The van der Waals surface area contributed by atoms with Gasteiger partial charge < -0.3 is 4.46 Å². The Bertz CT molecular complexity index is 447. The third-order valence-corrected chi connectivity index (χ3v) is 2.55. The highest BCUT2D eigenvalue weighted by molar-refractivity contribution is 6.67. The number of halogens is 2. The van der Waals surface area contributed by atoms with Gasteiger partial charge in [-0.25, -0.2) is 0 Å². The van der Waals surface area contributed by atoms with E-state index >= 15 is 0 Å². The lowest BCUT2D eigenvalue weighted by Gasteiger charge is -2.20. The highest BCUT2D eigenvalue weighted by Crippen LogP contribution is 2.30. The largest absolute Gasteiger partial charge is 0.389 e. The molecule has 0 aromatic heterocycles. The second-order valence-corrected chi connectivity index (χ2v) is 7.69. The average Bonchev–Trinajstić information content (AvgIpc) is 2.14. The minimum Gasteiger partial charge on any atom is -0.389 e. The van der Waals surface area contributed by atoms with Crippen LogP contribution in [0.15, 0.2) is 18.2 Å². The van der Waals surface area contributed by atoms with Gasteiger partial charge in [-0.15, -0.1) is 0 Å². The van der Waals surface area contributed by atoms with E-state index in [-0.39, 0.29) is 5.41 Å². The zero-order valence-corrected chi connectivity index (χ0v) is 13.8. The first kappa shape index (κ1) is 17.5. The number of carbonyl (C=O) groups is 1. The predicted molar refractivity (Wildman–Crippen MR) is 78.5 cm³/mol. The van der Waals surface area contributed by atoms with Gasteiger partial charge in [0.05, 0.1) is 0 Å². The van der Waals surface area contributed by atoms with E-state index in [1.165, 1.54) is 0 Å². The number of carbonyl (C=O) groups excluding carboxylic acids is 1. The molecular weight excluding hydrogens is 287 g/mol. The van der Waals surface area contributed by atoms with Crippen LogP contribution < -0.4 is 0 Å². The van der Waals surface area contributed by atoms with Gasteiger partial charge in [0.1, 0.15) is 0 Å². The van der Waals surface area contributed by atoms with Crippen LogP contribution in [0.4, 0.5) is 0 Å². The fraction of sp³-hybridized carbons (Fsp3) is 0.462. The van der Waals surface area contributed by atoms with Gasteiger partial charge in [-0.1, -0.05) is 32.4 Å². The van der Waals surface area contributed by atoms with Crippen LogP contribution in [-0.2, 0) is 9.88 Å². The third kappa shape index (κ3) is 6.43. The van der Waals surface area contributed by atoms with Crippen LogP contribution in [-0.4, -0.2) is 13.9 Å². The summed E-state index contributed by atoms with van der Waals surface area (Å²) < 4.78 is 9.63. The zero-order chi connectivity index (χ0) is 14.5. The molecule has 0 fully saturated rings. The summed E-state index contributed by atoms with van der Waals surface area (Å²) in [5.41, 5.74) is 1.34. The quantitative estimate of drug-likeness (QED) is 0.557. The summed E-state index contributed by atoms with van der Waals surface area (Å²) in [4.78, 5) is 11.0. The van der Waals surface area contributed by atoms with Crippen LogP contribution >= 0.6 is 23.2 Å². The number of rotatable bonds is 1. The molecule has 0 bridgehead atoms. The highest BCUT2D eigenvalue weighted by atomic mass is 35.5. The van der Waals surface area contributed by atoms with Gasteiger partial charge in [0.15, 0.2) is 0 Å². The van der Waals surface area contributed by atoms with Crippen molar-refractivity contribution >= 4 is 37.1 Å². The van der Waals surface area contributed by atoms with Crippen LogP contribution in [0.25, 0.3) is 0 Å². The highest BCUT2D eigenvalue weighted by Gasteiger charge is 2.18.